The Morgan fingerprint density at radius 2 is 1.93 bits per heavy atom. The van der Waals surface area contributed by atoms with Crippen LogP contribution in [0.15, 0.2) is 60.7 Å². The zero-order valence-electron chi connectivity index (χ0n) is 15.9. The van der Waals surface area contributed by atoms with E-state index >= 15 is 0 Å². The van der Waals surface area contributed by atoms with E-state index in [9.17, 15) is 14.9 Å². The number of hydrogen-bond acceptors (Lipinski definition) is 4. The lowest BCUT2D eigenvalue weighted by Crippen LogP contribution is -2.61. The van der Waals surface area contributed by atoms with Gasteiger partial charge in [0.05, 0.1) is 16.0 Å². The smallest absolute Gasteiger partial charge is 0.270 e. The lowest BCUT2D eigenvalue weighted by atomic mass is 9.76. The van der Waals surface area contributed by atoms with Crippen LogP contribution in [0.5, 0.6) is 5.75 Å². The molecule has 2 aliphatic heterocycles. The number of non-ortho nitro benzene ring substituents is 1. The van der Waals surface area contributed by atoms with Gasteiger partial charge in [-0.1, -0.05) is 24.8 Å². The van der Waals surface area contributed by atoms with Crippen LogP contribution in [-0.4, -0.2) is 16.6 Å². The van der Waals surface area contributed by atoms with E-state index in [0.717, 1.165) is 11.3 Å². The molecule has 6 heteroatoms. The molecular formula is C22H20N2O4. The summed E-state index contributed by atoms with van der Waals surface area (Å²) in [7, 11) is 0. The second-order valence-corrected chi connectivity index (χ2v) is 7.67. The molecule has 2 heterocycles. The number of amides is 1. The van der Waals surface area contributed by atoms with E-state index in [1.54, 1.807) is 24.0 Å². The number of nitrogens with zero attached hydrogens (tertiary/aromatic N) is 2. The lowest BCUT2D eigenvalue weighted by Gasteiger charge is -2.46. The van der Waals surface area contributed by atoms with Crippen LogP contribution in [0, 0.1) is 10.1 Å². The van der Waals surface area contributed by atoms with E-state index in [4.69, 9.17) is 4.74 Å². The van der Waals surface area contributed by atoms with Crippen molar-refractivity contribution in [2.24, 2.45) is 0 Å². The SMILES string of the molecule is C=C(C)C(=O)N1c2ccccc2C(C)(C)C12C=Cc1cc([N+](=O)[O-])ccc1O2. The quantitative estimate of drug-likeness (QED) is 0.436. The van der Waals surface area contributed by atoms with Gasteiger partial charge < -0.3 is 4.74 Å². The van der Waals surface area contributed by atoms with E-state index < -0.39 is 16.1 Å². The summed E-state index contributed by atoms with van der Waals surface area (Å²) >= 11 is 0. The summed E-state index contributed by atoms with van der Waals surface area (Å²) in [4.78, 5) is 25.4. The Hall–Kier alpha value is -3.41. The highest BCUT2D eigenvalue weighted by Gasteiger charge is 2.60. The number of hydrogen-bond donors (Lipinski definition) is 0. The second-order valence-electron chi connectivity index (χ2n) is 7.67. The Bertz CT molecular complexity index is 1070. The molecule has 4 rings (SSSR count). The summed E-state index contributed by atoms with van der Waals surface area (Å²) in [5.74, 6) is 0.265. The number of carbonyl (C=O) groups excluding carboxylic acids is 1. The van der Waals surface area contributed by atoms with Gasteiger partial charge >= 0.3 is 0 Å². The molecule has 0 saturated carbocycles. The number of rotatable bonds is 2. The molecule has 6 nitrogen and oxygen atoms in total. The molecular weight excluding hydrogens is 356 g/mol. The van der Waals surface area contributed by atoms with Gasteiger partial charge in [-0.25, -0.2) is 0 Å². The number of carbonyl (C=O) groups is 1. The summed E-state index contributed by atoms with van der Waals surface area (Å²) in [5.41, 5.74) is 1.09. The van der Waals surface area contributed by atoms with Crippen LogP contribution in [0.4, 0.5) is 11.4 Å². The number of nitro benzene ring substituents is 1. The summed E-state index contributed by atoms with van der Waals surface area (Å²) in [6.07, 6.45) is 3.61. The van der Waals surface area contributed by atoms with Gasteiger partial charge in [0.15, 0.2) is 0 Å². The van der Waals surface area contributed by atoms with Crippen LogP contribution >= 0.6 is 0 Å². The van der Waals surface area contributed by atoms with Gasteiger partial charge in [-0.05, 0) is 50.6 Å². The van der Waals surface area contributed by atoms with Crippen LogP contribution in [-0.2, 0) is 10.2 Å². The lowest BCUT2D eigenvalue weighted by molar-refractivity contribution is -0.384. The van der Waals surface area contributed by atoms with Gasteiger partial charge in [0.2, 0.25) is 5.72 Å². The van der Waals surface area contributed by atoms with Gasteiger partial charge in [-0.3, -0.25) is 19.8 Å². The Morgan fingerprint density at radius 1 is 1.21 bits per heavy atom. The fraction of sp³-hybridized carbons (Fsp3) is 0.227. The van der Waals surface area contributed by atoms with Gasteiger partial charge in [0.1, 0.15) is 5.75 Å². The normalized spacial score (nSPS) is 21.0. The molecule has 28 heavy (non-hydrogen) atoms. The monoisotopic (exact) mass is 376 g/mol. The third-order valence-corrected chi connectivity index (χ3v) is 5.57. The van der Waals surface area contributed by atoms with Gasteiger partial charge in [-0.2, -0.15) is 0 Å². The number of fused-ring (bicyclic) bond motifs is 2. The number of benzene rings is 2. The molecule has 1 unspecified atom stereocenters. The van der Waals surface area contributed by atoms with Crippen molar-refractivity contribution in [3.63, 3.8) is 0 Å². The van der Waals surface area contributed by atoms with Crippen molar-refractivity contribution in [3.8, 4) is 5.75 Å². The van der Waals surface area contributed by atoms with Crippen molar-refractivity contribution in [1.82, 2.24) is 0 Å². The van der Waals surface area contributed by atoms with Crippen LogP contribution in [0.1, 0.15) is 31.9 Å². The highest BCUT2D eigenvalue weighted by atomic mass is 16.6. The molecule has 2 aromatic rings. The van der Waals surface area contributed by atoms with Crippen molar-refractivity contribution >= 4 is 23.4 Å². The molecule has 0 fully saturated rings. The van der Waals surface area contributed by atoms with E-state index in [0.29, 0.717) is 16.9 Å². The predicted molar refractivity (Wildman–Crippen MR) is 107 cm³/mol. The Kier molecular flexibility index (Phi) is 3.72. The second kappa shape index (κ2) is 5.79. The minimum atomic E-state index is -1.10. The first-order valence-corrected chi connectivity index (χ1v) is 8.95. The minimum absolute atomic E-state index is 0.00760. The highest BCUT2D eigenvalue weighted by molar-refractivity contribution is 6.08. The average molecular weight is 376 g/mol. The van der Waals surface area contributed by atoms with E-state index in [-0.39, 0.29) is 11.6 Å². The first kappa shape index (κ1) is 18.0. The topological polar surface area (TPSA) is 72.7 Å². The van der Waals surface area contributed by atoms with Crippen molar-refractivity contribution in [2.75, 3.05) is 4.90 Å². The van der Waals surface area contributed by atoms with Gasteiger partial charge in [0, 0.05) is 23.3 Å². The Balaban J connectivity index is 1.92. The molecule has 1 atom stereocenters. The average Bonchev–Trinajstić information content (AvgIpc) is 2.85. The minimum Gasteiger partial charge on any atom is -0.462 e. The highest BCUT2D eigenvalue weighted by Crippen LogP contribution is 2.55. The largest absolute Gasteiger partial charge is 0.462 e. The molecule has 2 aromatic carbocycles. The molecule has 2 aliphatic rings. The molecule has 0 radical (unpaired) electrons. The van der Waals surface area contributed by atoms with Gasteiger partial charge in [-0.15, -0.1) is 0 Å². The van der Waals surface area contributed by atoms with Crippen LogP contribution in [0.2, 0.25) is 0 Å². The maximum absolute atomic E-state index is 13.1. The molecule has 0 aliphatic carbocycles. The van der Waals surface area contributed by atoms with Gasteiger partial charge in [0.25, 0.3) is 11.6 Å². The molecule has 1 amide bonds. The maximum Gasteiger partial charge on any atom is 0.270 e. The summed E-state index contributed by atoms with van der Waals surface area (Å²) < 4.78 is 6.45. The molecule has 0 saturated heterocycles. The summed E-state index contributed by atoms with van der Waals surface area (Å²) in [5, 5.41) is 11.1. The first-order chi connectivity index (χ1) is 13.2. The number of anilines is 1. The molecule has 0 bridgehead atoms. The fourth-order valence-electron chi connectivity index (χ4n) is 4.03. The summed E-state index contributed by atoms with van der Waals surface area (Å²) in [6, 6.07) is 12.2. The van der Waals surface area contributed by atoms with E-state index in [1.165, 1.54) is 12.1 Å². The zero-order valence-corrected chi connectivity index (χ0v) is 15.9. The zero-order chi connectivity index (χ0) is 20.3. The van der Waals surface area contributed by atoms with E-state index in [1.807, 2.05) is 44.2 Å². The Morgan fingerprint density at radius 3 is 2.61 bits per heavy atom. The molecule has 142 valence electrons. The maximum atomic E-state index is 13.1. The number of para-hydroxylation sites is 1. The summed E-state index contributed by atoms with van der Waals surface area (Å²) in [6.45, 7) is 9.55. The van der Waals surface area contributed by atoms with Crippen LogP contribution in [0.25, 0.3) is 6.08 Å². The standard InChI is InChI=1S/C22H20N2O4/c1-14(2)20(25)23-18-8-6-5-7-17(18)21(3,4)22(23)12-11-15-13-16(24(26)27)9-10-19(15)28-22/h5-13H,1H2,2-4H3. The van der Waals surface area contributed by atoms with E-state index in [2.05, 4.69) is 6.58 Å². The molecule has 0 N–H and O–H groups in total. The fourth-order valence-corrected chi connectivity index (χ4v) is 4.03. The third-order valence-electron chi connectivity index (χ3n) is 5.57. The van der Waals surface area contributed by atoms with Crippen LogP contribution in [0.3, 0.4) is 0 Å². The van der Waals surface area contributed by atoms with Crippen molar-refractivity contribution < 1.29 is 14.5 Å². The Labute approximate surface area is 162 Å². The van der Waals surface area contributed by atoms with Crippen molar-refractivity contribution in [1.29, 1.82) is 0 Å². The predicted octanol–water partition coefficient (Wildman–Crippen LogP) is 4.60. The number of nitro groups is 1. The first-order valence-electron chi connectivity index (χ1n) is 8.95. The number of ether oxygens (including phenoxy) is 1. The van der Waals surface area contributed by atoms with Crippen LogP contribution < -0.4 is 9.64 Å². The molecule has 0 aromatic heterocycles. The third kappa shape index (κ3) is 2.24. The van der Waals surface area contributed by atoms with Crippen molar-refractivity contribution in [3.05, 3.63) is 81.9 Å². The van der Waals surface area contributed by atoms with Crippen molar-refractivity contribution in [2.45, 2.75) is 31.9 Å². The molecule has 1 spiro atoms.